The van der Waals surface area contributed by atoms with Crippen molar-refractivity contribution in [3.63, 3.8) is 0 Å². The fourth-order valence-corrected chi connectivity index (χ4v) is 1.70. The predicted molar refractivity (Wildman–Crippen MR) is 65.4 cm³/mol. The number of carbonyl (C=O) groups excluding carboxylic acids is 1. The zero-order valence-electron chi connectivity index (χ0n) is 8.21. The highest BCUT2D eigenvalue weighted by Gasteiger charge is 2.03. The first kappa shape index (κ1) is 12.5. The van der Waals surface area contributed by atoms with Gasteiger partial charge in [-0.05, 0) is 31.0 Å². The van der Waals surface area contributed by atoms with E-state index in [4.69, 9.17) is 16.3 Å². The lowest BCUT2D eigenvalue weighted by Gasteiger charge is -2.07. The minimum absolute atomic E-state index is 0.501. The summed E-state index contributed by atoms with van der Waals surface area (Å²) in [5.74, 6) is 0.601. The number of ether oxygens (including phenoxy) is 1. The lowest BCUT2D eigenvalue weighted by atomic mass is 10.2. The Labute approximate surface area is 103 Å². The molecule has 82 valence electrons. The number of unbranched alkanes of at least 4 members (excludes halogenated alkanes) is 1. The summed E-state index contributed by atoms with van der Waals surface area (Å²) >= 11 is 9.10. The van der Waals surface area contributed by atoms with Crippen molar-refractivity contribution >= 4 is 33.8 Å². The minimum Gasteiger partial charge on any atom is -0.493 e. The molecule has 1 aromatic carbocycles. The summed E-state index contributed by atoms with van der Waals surface area (Å²) in [4.78, 5) is 10.7. The van der Waals surface area contributed by atoms with Gasteiger partial charge in [-0.2, -0.15) is 0 Å². The van der Waals surface area contributed by atoms with Crippen LogP contribution in [-0.2, 0) is 0 Å². The normalized spacial score (nSPS) is 10.0. The summed E-state index contributed by atoms with van der Waals surface area (Å²) in [7, 11) is 0. The van der Waals surface area contributed by atoms with Crippen molar-refractivity contribution < 1.29 is 9.53 Å². The number of aldehydes is 1. The maximum atomic E-state index is 10.7. The number of halogens is 2. The van der Waals surface area contributed by atoms with Crippen LogP contribution in [0.1, 0.15) is 23.2 Å². The zero-order valence-corrected chi connectivity index (χ0v) is 10.6. The van der Waals surface area contributed by atoms with Gasteiger partial charge in [-0.3, -0.25) is 4.79 Å². The molecule has 0 aliphatic carbocycles. The highest BCUT2D eigenvalue weighted by Crippen LogP contribution is 2.21. The molecule has 0 spiro atoms. The molecule has 0 N–H and O–H groups in total. The predicted octanol–water partition coefficient (Wildman–Crippen LogP) is 3.71. The standard InChI is InChI=1S/C11H12BrClO2/c12-5-1-2-6-15-11-4-3-10(13)7-9(11)8-14/h3-4,7-8H,1-2,5-6H2. The number of hydrogen-bond acceptors (Lipinski definition) is 2. The second kappa shape index (κ2) is 6.85. The Hall–Kier alpha value is -0.540. The van der Waals surface area contributed by atoms with Crippen LogP contribution in [0, 0.1) is 0 Å². The molecule has 0 aliphatic heterocycles. The van der Waals surface area contributed by atoms with E-state index in [2.05, 4.69) is 15.9 Å². The Balaban J connectivity index is 2.56. The van der Waals surface area contributed by atoms with Gasteiger partial charge in [0, 0.05) is 10.4 Å². The molecule has 0 amide bonds. The van der Waals surface area contributed by atoms with E-state index >= 15 is 0 Å². The Kier molecular flexibility index (Phi) is 5.73. The van der Waals surface area contributed by atoms with E-state index in [1.807, 2.05) is 0 Å². The van der Waals surface area contributed by atoms with Crippen molar-refractivity contribution in [2.75, 3.05) is 11.9 Å². The van der Waals surface area contributed by atoms with Crippen LogP contribution in [0.3, 0.4) is 0 Å². The van der Waals surface area contributed by atoms with Gasteiger partial charge in [0.2, 0.25) is 0 Å². The molecule has 0 unspecified atom stereocenters. The van der Waals surface area contributed by atoms with Crippen LogP contribution in [0.5, 0.6) is 5.75 Å². The van der Waals surface area contributed by atoms with Crippen molar-refractivity contribution in [3.8, 4) is 5.75 Å². The Morgan fingerprint density at radius 1 is 1.40 bits per heavy atom. The van der Waals surface area contributed by atoms with Gasteiger partial charge in [0.05, 0.1) is 12.2 Å². The minimum atomic E-state index is 0.501. The molecular formula is C11H12BrClO2. The topological polar surface area (TPSA) is 26.3 Å². The van der Waals surface area contributed by atoms with Crippen LogP contribution in [0.2, 0.25) is 5.02 Å². The quantitative estimate of drug-likeness (QED) is 0.454. The van der Waals surface area contributed by atoms with E-state index in [1.165, 1.54) is 0 Å². The van der Waals surface area contributed by atoms with Gasteiger partial charge in [0.1, 0.15) is 5.75 Å². The van der Waals surface area contributed by atoms with Crippen LogP contribution in [0.15, 0.2) is 18.2 Å². The van der Waals surface area contributed by atoms with Crippen molar-refractivity contribution in [2.45, 2.75) is 12.8 Å². The SMILES string of the molecule is O=Cc1cc(Cl)ccc1OCCCCBr. The molecule has 0 bridgehead atoms. The van der Waals surface area contributed by atoms with Gasteiger partial charge in [0.25, 0.3) is 0 Å². The van der Waals surface area contributed by atoms with Gasteiger partial charge >= 0.3 is 0 Å². The zero-order chi connectivity index (χ0) is 11.1. The maximum absolute atomic E-state index is 10.7. The average molecular weight is 292 g/mol. The third-order valence-corrected chi connectivity index (χ3v) is 2.68. The van der Waals surface area contributed by atoms with E-state index in [9.17, 15) is 4.79 Å². The molecule has 0 aliphatic rings. The number of rotatable bonds is 6. The highest BCUT2D eigenvalue weighted by molar-refractivity contribution is 9.09. The summed E-state index contributed by atoms with van der Waals surface area (Å²) in [5.41, 5.74) is 0.501. The molecule has 0 atom stereocenters. The summed E-state index contributed by atoms with van der Waals surface area (Å²) < 4.78 is 5.47. The molecule has 0 fully saturated rings. The number of hydrogen-bond donors (Lipinski definition) is 0. The molecule has 0 heterocycles. The summed E-state index contributed by atoms with van der Waals surface area (Å²) in [6.45, 7) is 0.619. The molecule has 4 heteroatoms. The van der Waals surface area contributed by atoms with Crippen molar-refractivity contribution in [3.05, 3.63) is 28.8 Å². The Morgan fingerprint density at radius 2 is 2.20 bits per heavy atom. The van der Waals surface area contributed by atoms with Gasteiger partial charge in [0.15, 0.2) is 6.29 Å². The summed E-state index contributed by atoms with van der Waals surface area (Å²) in [6.07, 6.45) is 2.78. The highest BCUT2D eigenvalue weighted by atomic mass is 79.9. The third kappa shape index (κ3) is 4.22. The van der Waals surface area contributed by atoms with E-state index < -0.39 is 0 Å². The van der Waals surface area contributed by atoms with Gasteiger partial charge < -0.3 is 4.74 Å². The number of benzene rings is 1. The monoisotopic (exact) mass is 290 g/mol. The van der Waals surface area contributed by atoms with Crippen LogP contribution in [-0.4, -0.2) is 18.2 Å². The number of carbonyl (C=O) groups is 1. The van der Waals surface area contributed by atoms with Crippen LogP contribution in [0.25, 0.3) is 0 Å². The first-order chi connectivity index (χ1) is 7.27. The molecule has 15 heavy (non-hydrogen) atoms. The molecule has 0 saturated carbocycles. The Bertz CT molecular complexity index is 328. The smallest absolute Gasteiger partial charge is 0.153 e. The van der Waals surface area contributed by atoms with E-state index in [-0.39, 0.29) is 0 Å². The fraction of sp³-hybridized carbons (Fsp3) is 0.364. The van der Waals surface area contributed by atoms with E-state index in [0.29, 0.717) is 22.9 Å². The average Bonchev–Trinajstić information content (AvgIpc) is 2.26. The molecule has 0 saturated heterocycles. The molecule has 1 rings (SSSR count). The van der Waals surface area contributed by atoms with Crippen LogP contribution in [0.4, 0.5) is 0 Å². The van der Waals surface area contributed by atoms with E-state index in [0.717, 1.165) is 24.5 Å². The lowest BCUT2D eigenvalue weighted by molar-refractivity contribution is 0.111. The van der Waals surface area contributed by atoms with Gasteiger partial charge in [-0.25, -0.2) is 0 Å². The summed E-state index contributed by atoms with van der Waals surface area (Å²) in [5, 5.41) is 1.52. The number of alkyl halides is 1. The van der Waals surface area contributed by atoms with Crippen LogP contribution >= 0.6 is 27.5 Å². The first-order valence-corrected chi connectivity index (χ1v) is 6.21. The van der Waals surface area contributed by atoms with Crippen molar-refractivity contribution in [1.29, 1.82) is 0 Å². The van der Waals surface area contributed by atoms with Crippen LogP contribution < -0.4 is 4.74 Å². The Morgan fingerprint density at radius 3 is 2.87 bits per heavy atom. The second-order valence-electron chi connectivity index (χ2n) is 3.04. The molecular weight excluding hydrogens is 279 g/mol. The second-order valence-corrected chi connectivity index (χ2v) is 4.27. The third-order valence-electron chi connectivity index (χ3n) is 1.88. The van der Waals surface area contributed by atoms with Crippen molar-refractivity contribution in [2.24, 2.45) is 0 Å². The molecule has 1 aromatic rings. The molecule has 0 aromatic heterocycles. The van der Waals surface area contributed by atoms with Gasteiger partial charge in [-0.15, -0.1) is 0 Å². The van der Waals surface area contributed by atoms with Crippen molar-refractivity contribution in [1.82, 2.24) is 0 Å². The maximum Gasteiger partial charge on any atom is 0.153 e. The first-order valence-electron chi connectivity index (χ1n) is 4.71. The molecule has 0 radical (unpaired) electrons. The molecule has 2 nitrogen and oxygen atoms in total. The largest absolute Gasteiger partial charge is 0.493 e. The lowest BCUT2D eigenvalue weighted by Crippen LogP contribution is -2.00. The van der Waals surface area contributed by atoms with E-state index in [1.54, 1.807) is 18.2 Å². The fourth-order valence-electron chi connectivity index (χ4n) is 1.12. The van der Waals surface area contributed by atoms with Gasteiger partial charge in [-0.1, -0.05) is 27.5 Å². The summed E-state index contributed by atoms with van der Waals surface area (Å²) in [6, 6.07) is 5.04.